The van der Waals surface area contributed by atoms with Gasteiger partial charge in [0, 0.05) is 29.7 Å². The summed E-state index contributed by atoms with van der Waals surface area (Å²) in [7, 11) is 2.03. The highest BCUT2D eigenvalue weighted by Gasteiger charge is 2.21. The Morgan fingerprint density at radius 2 is 1.85 bits per heavy atom. The number of fused-ring (bicyclic) bond motifs is 1. The quantitative estimate of drug-likeness (QED) is 0.710. The van der Waals surface area contributed by atoms with Crippen molar-refractivity contribution >= 4 is 10.9 Å². The number of H-pyrrole nitrogens is 1. The minimum Gasteiger partial charge on any atom is -0.354 e. The van der Waals surface area contributed by atoms with Gasteiger partial charge in [0.15, 0.2) is 0 Å². The van der Waals surface area contributed by atoms with Gasteiger partial charge >= 0.3 is 0 Å². The van der Waals surface area contributed by atoms with Crippen LogP contribution in [0.2, 0.25) is 0 Å². The molecule has 1 aromatic heterocycles. The molecule has 4 rings (SSSR count). The molecule has 2 heterocycles. The van der Waals surface area contributed by atoms with Crippen LogP contribution in [0.15, 0.2) is 48.5 Å². The minimum absolute atomic E-state index is 0.694. The number of aromatic amines is 1. The summed E-state index contributed by atoms with van der Waals surface area (Å²) in [5.74, 6) is 0.694. The number of rotatable bonds is 5. The fraction of sp³-hybridized carbons (Fsp3) is 0.391. The molecule has 0 bridgehead atoms. The molecule has 0 aliphatic carbocycles. The predicted octanol–water partition coefficient (Wildman–Crippen LogP) is 4.54. The van der Waals surface area contributed by atoms with Crippen LogP contribution in [0.5, 0.6) is 0 Å². The monoisotopic (exact) mass is 347 g/mol. The first kappa shape index (κ1) is 17.3. The van der Waals surface area contributed by atoms with E-state index in [1.807, 2.05) is 7.05 Å². The first-order chi connectivity index (χ1) is 12.8. The van der Waals surface area contributed by atoms with E-state index in [1.165, 1.54) is 65.8 Å². The standard InChI is InChI=1S/C23H29N3/c1-17-21-16-20(18-10-13-26(14-11-18)15-12-24-2)8-9-22(21)25-23(17)19-6-4-3-5-7-19/h3-9,16,18,24-25H,10-15H2,1-2H3. The number of benzene rings is 2. The molecule has 3 aromatic rings. The van der Waals surface area contributed by atoms with Crippen LogP contribution < -0.4 is 5.32 Å². The lowest BCUT2D eigenvalue weighted by Gasteiger charge is -2.32. The summed E-state index contributed by atoms with van der Waals surface area (Å²) in [6.45, 7) is 6.92. The molecule has 3 heteroatoms. The Morgan fingerprint density at radius 1 is 1.08 bits per heavy atom. The van der Waals surface area contributed by atoms with Gasteiger partial charge in [-0.2, -0.15) is 0 Å². The average molecular weight is 348 g/mol. The number of nitrogens with one attached hydrogen (secondary N) is 2. The molecular formula is C23H29N3. The van der Waals surface area contributed by atoms with Crippen LogP contribution in [0.1, 0.15) is 29.9 Å². The average Bonchev–Trinajstić information content (AvgIpc) is 3.03. The minimum atomic E-state index is 0.694. The van der Waals surface area contributed by atoms with Crippen molar-refractivity contribution in [3.8, 4) is 11.3 Å². The van der Waals surface area contributed by atoms with Gasteiger partial charge in [-0.3, -0.25) is 0 Å². The summed E-state index contributed by atoms with van der Waals surface area (Å²) < 4.78 is 0. The molecule has 26 heavy (non-hydrogen) atoms. The van der Waals surface area contributed by atoms with E-state index in [4.69, 9.17) is 0 Å². The maximum absolute atomic E-state index is 3.63. The molecule has 1 saturated heterocycles. The van der Waals surface area contributed by atoms with Crippen LogP contribution in [0, 0.1) is 6.92 Å². The summed E-state index contributed by atoms with van der Waals surface area (Å²) in [5.41, 5.74) is 6.63. The Bertz CT molecular complexity index is 858. The van der Waals surface area contributed by atoms with Gasteiger partial charge in [-0.15, -0.1) is 0 Å². The predicted molar refractivity (Wildman–Crippen MR) is 111 cm³/mol. The number of nitrogens with zero attached hydrogens (tertiary/aromatic N) is 1. The Balaban J connectivity index is 1.56. The molecule has 136 valence electrons. The van der Waals surface area contributed by atoms with E-state index in [2.05, 4.69) is 70.7 Å². The van der Waals surface area contributed by atoms with Gasteiger partial charge in [-0.25, -0.2) is 0 Å². The first-order valence-electron chi connectivity index (χ1n) is 9.81. The highest BCUT2D eigenvalue weighted by molar-refractivity contribution is 5.91. The third-order valence-electron chi connectivity index (χ3n) is 5.88. The summed E-state index contributed by atoms with van der Waals surface area (Å²) in [5, 5.41) is 4.63. The van der Waals surface area contributed by atoms with Crippen LogP contribution in [-0.4, -0.2) is 43.1 Å². The summed E-state index contributed by atoms with van der Waals surface area (Å²) in [4.78, 5) is 6.21. The molecule has 2 N–H and O–H groups in total. The molecule has 0 atom stereocenters. The molecule has 0 saturated carbocycles. The van der Waals surface area contributed by atoms with Crippen LogP contribution in [0.4, 0.5) is 0 Å². The number of aryl methyl sites for hydroxylation is 1. The highest BCUT2D eigenvalue weighted by atomic mass is 15.1. The lowest BCUT2D eigenvalue weighted by molar-refractivity contribution is 0.214. The molecule has 2 aromatic carbocycles. The summed E-state index contributed by atoms with van der Waals surface area (Å²) >= 11 is 0. The second kappa shape index (κ2) is 7.65. The Kier molecular flexibility index (Phi) is 5.09. The van der Waals surface area contributed by atoms with Crippen LogP contribution in [0.25, 0.3) is 22.2 Å². The molecule has 1 aliphatic heterocycles. The second-order valence-corrected chi connectivity index (χ2v) is 7.52. The molecule has 3 nitrogen and oxygen atoms in total. The van der Waals surface area contributed by atoms with Crippen molar-refractivity contribution in [1.82, 2.24) is 15.2 Å². The molecule has 0 amide bonds. The summed E-state index contributed by atoms with van der Waals surface area (Å²) in [6, 6.07) is 17.7. The maximum atomic E-state index is 3.63. The summed E-state index contributed by atoms with van der Waals surface area (Å²) in [6.07, 6.45) is 2.54. The molecule has 1 aliphatic rings. The number of hydrogen-bond acceptors (Lipinski definition) is 2. The van der Waals surface area contributed by atoms with Gasteiger partial charge in [-0.05, 0) is 74.6 Å². The van der Waals surface area contributed by atoms with E-state index in [0.29, 0.717) is 5.92 Å². The van der Waals surface area contributed by atoms with E-state index in [-0.39, 0.29) is 0 Å². The third kappa shape index (κ3) is 3.42. The number of hydrogen-bond donors (Lipinski definition) is 2. The van der Waals surface area contributed by atoms with E-state index in [1.54, 1.807) is 0 Å². The molecule has 0 unspecified atom stereocenters. The number of aromatic nitrogens is 1. The third-order valence-corrected chi connectivity index (χ3v) is 5.88. The smallest absolute Gasteiger partial charge is 0.0494 e. The van der Waals surface area contributed by atoms with E-state index >= 15 is 0 Å². The fourth-order valence-electron chi connectivity index (χ4n) is 4.25. The van der Waals surface area contributed by atoms with Gasteiger partial charge < -0.3 is 15.2 Å². The van der Waals surface area contributed by atoms with Gasteiger partial charge in [0.25, 0.3) is 0 Å². The fourth-order valence-corrected chi connectivity index (χ4v) is 4.25. The zero-order chi connectivity index (χ0) is 17.9. The first-order valence-corrected chi connectivity index (χ1v) is 9.81. The Morgan fingerprint density at radius 3 is 2.58 bits per heavy atom. The number of likely N-dealkylation sites (N-methyl/N-ethyl adjacent to an activating group) is 1. The molecule has 0 radical (unpaired) electrons. The lowest BCUT2D eigenvalue weighted by atomic mass is 9.88. The van der Waals surface area contributed by atoms with Crippen molar-refractivity contribution in [1.29, 1.82) is 0 Å². The van der Waals surface area contributed by atoms with E-state index < -0.39 is 0 Å². The van der Waals surface area contributed by atoms with Crippen LogP contribution >= 0.6 is 0 Å². The highest BCUT2D eigenvalue weighted by Crippen LogP contribution is 2.34. The van der Waals surface area contributed by atoms with Crippen molar-refractivity contribution in [3.05, 3.63) is 59.7 Å². The zero-order valence-corrected chi connectivity index (χ0v) is 15.9. The van der Waals surface area contributed by atoms with E-state index in [0.717, 1.165) is 6.54 Å². The van der Waals surface area contributed by atoms with Crippen LogP contribution in [0.3, 0.4) is 0 Å². The zero-order valence-electron chi connectivity index (χ0n) is 15.9. The van der Waals surface area contributed by atoms with Crippen LogP contribution in [-0.2, 0) is 0 Å². The van der Waals surface area contributed by atoms with Gasteiger partial charge in [-0.1, -0.05) is 36.4 Å². The molecule has 0 spiro atoms. The van der Waals surface area contributed by atoms with E-state index in [9.17, 15) is 0 Å². The molecular weight excluding hydrogens is 318 g/mol. The van der Waals surface area contributed by atoms with Crippen molar-refractivity contribution in [2.24, 2.45) is 0 Å². The van der Waals surface area contributed by atoms with Gasteiger partial charge in [0.05, 0.1) is 0 Å². The maximum Gasteiger partial charge on any atom is 0.0494 e. The SMILES string of the molecule is CNCCN1CCC(c2ccc3[nH]c(-c4ccccc4)c(C)c3c2)CC1. The van der Waals surface area contributed by atoms with Crippen molar-refractivity contribution < 1.29 is 0 Å². The van der Waals surface area contributed by atoms with Gasteiger partial charge in [0.1, 0.15) is 0 Å². The second-order valence-electron chi connectivity index (χ2n) is 7.52. The van der Waals surface area contributed by atoms with Crippen molar-refractivity contribution in [2.75, 3.05) is 33.2 Å². The molecule has 1 fully saturated rings. The lowest BCUT2D eigenvalue weighted by Crippen LogP contribution is -2.37. The number of likely N-dealkylation sites (tertiary alicyclic amines) is 1. The Labute approximate surface area is 156 Å². The Hall–Kier alpha value is -2.10. The van der Waals surface area contributed by atoms with Crippen molar-refractivity contribution in [2.45, 2.75) is 25.7 Å². The van der Waals surface area contributed by atoms with Gasteiger partial charge in [0.2, 0.25) is 0 Å². The van der Waals surface area contributed by atoms with Crippen molar-refractivity contribution in [3.63, 3.8) is 0 Å². The largest absolute Gasteiger partial charge is 0.354 e. The number of piperidine rings is 1. The normalized spacial score (nSPS) is 16.4. The topological polar surface area (TPSA) is 31.1 Å².